The third-order valence-corrected chi connectivity index (χ3v) is 4.17. The van der Waals surface area contributed by atoms with Gasteiger partial charge in [0.15, 0.2) is 5.13 Å². The van der Waals surface area contributed by atoms with Crippen LogP contribution in [0.3, 0.4) is 0 Å². The van der Waals surface area contributed by atoms with E-state index >= 15 is 0 Å². The molecule has 0 bridgehead atoms. The molecule has 17 heavy (non-hydrogen) atoms. The summed E-state index contributed by atoms with van der Waals surface area (Å²) in [5, 5.41) is 0.931. The van der Waals surface area contributed by atoms with Gasteiger partial charge in [0.05, 0.1) is 5.69 Å². The Bertz CT molecular complexity index is 533. The van der Waals surface area contributed by atoms with Gasteiger partial charge < -0.3 is 5.73 Å². The van der Waals surface area contributed by atoms with Crippen molar-refractivity contribution in [1.82, 2.24) is 4.98 Å². The van der Waals surface area contributed by atoms with E-state index in [1.807, 2.05) is 13.8 Å². The molecule has 1 unspecified atom stereocenters. The molecule has 0 aliphatic heterocycles. The first kappa shape index (κ1) is 12.3. The first-order chi connectivity index (χ1) is 8.00. The number of nitrogens with two attached hydrogens (primary N) is 1. The first-order valence-electron chi connectivity index (χ1n) is 5.17. The molecule has 5 heteroatoms. The monoisotopic (exact) mass is 270 g/mol. The molecule has 0 spiro atoms. The lowest BCUT2D eigenvalue weighted by Gasteiger charge is -2.13. The second-order valence-electron chi connectivity index (χ2n) is 3.86. The number of hydrogen-bond donors (Lipinski definition) is 1. The maximum atomic E-state index is 13.8. The van der Waals surface area contributed by atoms with E-state index in [0.29, 0.717) is 15.7 Å². The minimum atomic E-state index is -0.295. The van der Waals surface area contributed by atoms with Crippen LogP contribution in [0.2, 0.25) is 5.02 Å². The van der Waals surface area contributed by atoms with Gasteiger partial charge in [-0.2, -0.15) is 0 Å². The highest BCUT2D eigenvalue weighted by Gasteiger charge is 2.20. The molecule has 0 fully saturated rings. The summed E-state index contributed by atoms with van der Waals surface area (Å²) in [5.74, 6) is -0.435. The topological polar surface area (TPSA) is 38.9 Å². The summed E-state index contributed by atoms with van der Waals surface area (Å²) in [7, 11) is 0. The Kier molecular flexibility index (Phi) is 3.35. The Balaban J connectivity index is 2.51. The Morgan fingerprint density at radius 3 is 2.71 bits per heavy atom. The van der Waals surface area contributed by atoms with Crippen LogP contribution in [0.4, 0.5) is 9.52 Å². The fourth-order valence-electron chi connectivity index (χ4n) is 1.89. The van der Waals surface area contributed by atoms with Crippen molar-refractivity contribution in [3.8, 4) is 0 Å². The number of aryl methyl sites for hydroxylation is 1. The normalized spacial score (nSPS) is 12.7. The molecule has 2 nitrogen and oxygen atoms in total. The highest BCUT2D eigenvalue weighted by molar-refractivity contribution is 7.15. The van der Waals surface area contributed by atoms with E-state index < -0.39 is 0 Å². The lowest BCUT2D eigenvalue weighted by molar-refractivity contribution is 0.604. The number of thiazole rings is 1. The molecule has 2 rings (SSSR count). The summed E-state index contributed by atoms with van der Waals surface area (Å²) in [4.78, 5) is 5.10. The molecular weight excluding hydrogens is 259 g/mol. The summed E-state index contributed by atoms with van der Waals surface area (Å²) in [6.07, 6.45) is 0. The van der Waals surface area contributed by atoms with Crippen LogP contribution in [0.1, 0.15) is 29.0 Å². The van der Waals surface area contributed by atoms with Crippen molar-refractivity contribution in [2.45, 2.75) is 19.8 Å². The largest absolute Gasteiger partial charge is 0.375 e. The van der Waals surface area contributed by atoms with Crippen molar-refractivity contribution in [3.05, 3.63) is 45.2 Å². The summed E-state index contributed by atoms with van der Waals surface area (Å²) < 4.78 is 13.8. The maximum absolute atomic E-state index is 13.8. The van der Waals surface area contributed by atoms with Gasteiger partial charge >= 0.3 is 0 Å². The third-order valence-electron chi connectivity index (χ3n) is 2.68. The predicted octanol–water partition coefficient (Wildman–Crippen LogP) is 3.98. The van der Waals surface area contributed by atoms with Crippen molar-refractivity contribution >= 4 is 28.1 Å². The van der Waals surface area contributed by atoms with E-state index in [1.54, 1.807) is 12.1 Å². The number of benzene rings is 1. The van der Waals surface area contributed by atoms with Crippen LogP contribution in [0.5, 0.6) is 0 Å². The second-order valence-corrected chi connectivity index (χ2v) is 5.33. The van der Waals surface area contributed by atoms with Gasteiger partial charge in [-0.25, -0.2) is 9.37 Å². The molecule has 0 saturated carbocycles. The molecule has 1 aromatic heterocycles. The van der Waals surface area contributed by atoms with Crippen LogP contribution in [0, 0.1) is 12.7 Å². The summed E-state index contributed by atoms with van der Waals surface area (Å²) in [6, 6.07) is 4.70. The molecular formula is C12H12ClFN2S. The molecule has 1 heterocycles. The zero-order chi connectivity index (χ0) is 12.6. The molecule has 0 aliphatic rings. The highest BCUT2D eigenvalue weighted by Crippen LogP contribution is 2.36. The second kappa shape index (κ2) is 4.63. The Morgan fingerprint density at radius 2 is 2.18 bits per heavy atom. The van der Waals surface area contributed by atoms with Crippen molar-refractivity contribution in [1.29, 1.82) is 0 Å². The summed E-state index contributed by atoms with van der Waals surface area (Å²) >= 11 is 7.42. The number of halogens is 2. The van der Waals surface area contributed by atoms with Gasteiger partial charge in [-0.3, -0.25) is 0 Å². The summed E-state index contributed by atoms with van der Waals surface area (Å²) in [5.41, 5.74) is 6.99. The highest BCUT2D eigenvalue weighted by atomic mass is 35.5. The van der Waals surface area contributed by atoms with E-state index in [0.717, 1.165) is 10.6 Å². The smallest absolute Gasteiger partial charge is 0.180 e. The van der Waals surface area contributed by atoms with Gasteiger partial charge in [-0.15, -0.1) is 11.3 Å². The quantitative estimate of drug-likeness (QED) is 0.896. The molecule has 1 atom stereocenters. The van der Waals surface area contributed by atoms with Crippen LogP contribution in [0.15, 0.2) is 18.2 Å². The minimum absolute atomic E-state index is 0.140. The Hall–Kier alpha value is -1.13. The standard InChI is InChI=1S/C12H12ClFN2S/c1-6(11-7(2)16-12(15)17-11)10-8(13)4-3-5-9(10)14/h3-6H,1-2H3,(H2,15,16). The zero-order valence-electron chi connectivity index (χ0n) is 9.50. The van der Waals surface area contributed by atoms with Crippen molar-refractivity contribution in [3.63, 3.8) is 0 Å². The third kappa shape index (κ3) is 2.28. The molecule has 0 radical (unpaired) electrons. The molecule has 2 aromatic rings. The van der Waals surface area contributed by atoms with Crippen molar-refractivity contribution in [2.75, 3.05) is 5.73 Å². The summed E-state index contributed by atoms with van der Waals surface area (Å²) in [6.45, 7) is 3.78. The van der Waals surface area contributed by atoms with Gasteiger partial charge in [-0.05, 0) is 19.1 Å². The van der Waals surface area contributed by atoms with E-state index in [4.69, 9.17) is 17.3 Å². The number of anilines is 1. The van der Waals surface area contributed by atoms with E-state index in [9.17, 15) is 4.39 Å². The number of rotatable bonds is 2. The number of hydrogen-bond acceptors (Lipinski definition) is 3. The number of nitrogen functional groups attached to an aromatic ring is 1. The van der Waals surface area contributed by atoms with Crippen LogP contribution in [-0.2, 0) is 0 Å². The molecule has 0 saturated heterocycles. The molecule has 0 aliphatic carbocycles. The first-order valence-corrected chi connectivity index (χ1v) is 6.37. The van der Waals surface area contributed by atoms with Crippen LogP contribution in [-0.4, -0.2) is 4.98 Å². The SMILES string of the molecule is Cc1nc(N)sc1C(C)c1c(F)cccc1Cl. The van der Waals surface area contributed by atoms with Crippen LogP contribution in [0.25, 0.3) is 0 Å². The maximum Gasteiger partial charge on any atom is 0.180 e. The number of nitrogens with zero attached hydrogens (tertiary/aromatic N) is 1. The molecule has 0 amide bonds. The molecule has 90 valence electrons. The van der Waals surface area contributed by atoms with Crippen LogP contribution < -0.4 is 5.73 Å². The predicted molar refractivity (Wildman–Crippen MR) is 70.2 cm³/mol. The van der Waals surface area contributed by atoms with Gasteiger partial charge in [0.25, 0.3) is 0 Å². The minimum Gasteiger partial charge on any atom is -0.375 e. The average molecular weight is 271 g/mol. The lowest BCUT2D eigenvalue weighted by atomic mass is 9.98. The van der Waals surface area contributed by atoms with Gasteiger partial charge in [0.1, 0.15) is 5.82 Å². The van der Waals surface area contributed by atoms with E-state index in [-0.39, 0.29) is 11.7 Å². The van der Waals surface area contributed by atoms with Gasteiger partial charge in [0.2, 0.25) is 0 Å². The van der Waals surface area contributed by atoms with Gasteiger partial charge in [-0.1, -0.05) is 24.6 Å². The molecule has 1 aromatic carbocycles. The van der Waals surface area contributed by atoms with Crippen molar-refractivity contribution < 1.29 is 4.39 Å². The van der Waals surface area contributed by atoms with E-state index in [1.165, 1.54) is 17.4 Å². The average Bonchev–Trinajstić information content (AvgIpc) is 2.57. The number of aromatic nitrogens is 1. The van der Waals surface area contributed by atoms with Crippen molar-refractivity contribution in [2.24, 2.45) is 0 Å². The fourth-order valence-corrected chi connectivity index (χ4v) is 3.11. The zero-order valence-corrected chi connectivity index (χ0v) is 11.1. The molecule has 2 N–H and O–H groups in total. The van der Waals surface area contributed by atoms with E-state index in [2.05, 4.69) is 4.98 Å². The Labute approximate surface area is 108 Å². The van der Waals surface area contributed by atoms with Gasteiger partial charge in [0, 0.05) is 21.4 Å². The Morgan fingerprint density at radius 1 is 1.47 bits per heavy atom. The van der Waals surface area contributed by atoms with Crippen LogP contribution >= 0.6 is 22.9 Å². The lowest BCUT2D eigenvalue weighted by Crippen LogP contribution is -2.00. The fraction of sp³-hybridized carbons (Fsp3) is 0.250.